The lowest BCUT2D eigenvalue weighted by molar-refractivity contribution is -0.132. The molecule has 0 amide bonds. The van der Waals surface area contributed by atoms with Crippen LogP contribution in [-0.2, 0) is 14.4 Å². The minimum Gasteiger partial charge on any atom is -0.299 e. The van der Waals surface area contributed by atoms with Gasteiger partial charge in [0.2, 0.25) is 10.5 Å². The predicted octanol–water partition coefficient (Wildman–Crippen LogP) is 0.722. The van der Waals surface area contributed by atoms with E-state index in [-0.39, 0.29) is 0 Å². The zero-order chi connectivity index (χ0) is 8.31. The quantitative estimate of drug-likeness (QED) is 0.478. The number of halogens is 2. The molecule has 10 heavy (non-hydrogen) atoms. The maximum Gasteiger partial charge on any atom is 0.240 e. The summed E-state index contributed by atoms with van der Waals surface area (Å²) in [6.45, 7) is 1.07. The Kier molecular flexibility index (Phi) is 3.53. The maximum atomic E-state index is 10.4. The fraction of sp³-hybridized carbons (Fsp3) is 0.400. The first-order valence-electron chi connectivity index (χ1n) is 2.36. The standard InChI is InChI=1S/C5H4Cl2O3/c1-2(8)3(4(6)9)5(7)10/h3H,1H3. The van der Waals surface area contributed by atoms with E-state index in [9.17, 15) is 14.4 Å². The minimum absolute atomic E-state index is 0.639. The van der Waals surface area contributed by atoms with Gasteiger partial charge in [0.05, 0.1) is 0 Å². The van der Waals surface area contributed by atoms with E-state index in [1.54, 1.807) is 0 Å². The van der Waals surface area contributed by atoms with Crippen molar-refractivity contribution in [3.05, 3.63) is 0 Å². The van der Waals surface area contributed by atoms with Crippen molar-refractivity contribution in [1.82, 2.24) is 0 Å². The van der Waals surface area contributed by atoms with Crippen LogP contribution < -0.4 is 0 Å². The Bertz CT molecular complexity index is 154. The molecule has 0 aromatic heterocycles. The summed E-state index contributed by atoms with van der Waals surface area (Å²) >= 11 is 9.74. The number of hydrogen-bond donors (Lipinski definition) is 0. The highest BCUT2D eigenvalue weighted by Gasteiger charge is 2.27. The van der Waals surface area contributed by atoms with Gasteiger partial charge in [-0.1, -0.05) is 0 Å². The molecule has 0 spiro atoms. The molecule has 56 valence electrons. The van der Waals surface area contributed by atoms with Gasteiger partial charge in [-0.25, -0.2) is 0 Å². The molecule has 0 heterocycles. The van der Waals surface area contributed by atoms with Gasteiger partial charge >= 0.3 is 0 Å². The Morgan fingerprint density at radius 2 is 1.40 bits per heavy atom. The number of rotatable bonds is 3. The van der Waals surface area contributed by atoms with Crippen molar-refractivity contribution in [1.29, 1.82) is 0 Å². The number of Topliss-reactive ketones (excluding diaryl/α,β-unsaturated/α-hetero) is 1. The van der Waals surface area contributed by atoms with E-state index in [0.29, 0.717) is 0 Å². The van der Waals surface area contributed by atoms with Crippen molar-refractivity contribution in [2.24, 2.45) is 5.92 Å². The van der Waals surface area contributed by atoms with E-state index >= 15 is 0 Å². The molecular weight excluding hydrogens is 179 g/mol. The third-order valence-corrected chi connectivity index (χ3v) is 1.30. The van der Waals surface area contributed by atoms with Crippen LogP contribution in [0.5, 0.6) is 0 Å². The van der Waals surface area contributed by atoms with Gasteiger partial charge in [-0.15, -0.1) is 0 Å². The molecule has 0 aliphatic rings. The molecule has 0 saturated carbocycles. The van der Waals surface area contributed by atoms with Gasteiger partial charge in [-0.05, 0) is 30.1 Å². The van der Waals surface area contributed by atoms with Crippen molar-refractivity contribution >= 4 is 39.5 Å². The Morgan fingerprint density at radius 1 is 1.10 bits per heavy atom. The predicted molar refractivity (Wildman–Crippen MR) is 35.9 cm³/mol. The van der Waals surface area contributed by atoms with Crippen LogP contribution in [0.1, 0.15) is 6.92 Å². The highest BCUT2D eigenvalue weighted by Crippen LogP contribution is 2.07. The Morgan fingerprint density at radius 3 is 1.40 bits per heavy atom. The maximum absolute atomic E-state index is 10.4. The van der Waals surface area contributed by atoms with Crippen molar-refractivity contribution < 1.29 is 14.4 Å². The topological polar surface area (TPSA) is 51.2 Å². The summed E-state index contributed by atoms with van der Waals surface area (Å²) in [5.41, 5.74) is 0. The smallest absolute Gasteiger partial charge is 0.240 e. The van der Waals surface area contributed by atoms with Gasteiger partial charge in [-0.3, -0.25) is 14.4 Å². The molecule has 3 nitrogen and oxygen atoms in total. The highest BCUT2D eigenvalue weighted by atomic mass is 35.5. The number of carbonyl (C=O) groups is 3. The fourth-order valence-electron chi connectivity index (χ4n) is 0.409. The molecule has 5 heteroatoms. The second kappa shape index (κ2) is 3.68. The molecule has 0 aliphatic carbocycles. The molecule has 0 aromatic rings. The van der Waals surface area contributed by atoms with Crippen LogP contribution in [0.15, 0.2) is 0 Å². The van der Waals surface area contributed by atoms with E-state index in [4.69, 9.17) is 23.2 Å². The van der Waals surface area contributed by atoms with Gasteiger partial charge in [0.1, 0.15) is 5.78 Å². The van der Waals surface area contributed by atoms with E-state index in [0.717, 1.165) is 6.92 Å². The SMILES string of the molecule is CC(=O)C(C(=O)Cl)C(=O)Cl. The van der Waals surface area contributed by atoms with Crippen LogP contribution in [0.4, 0.5) is 0 Å². The first-order valence-corrected chi connectivity index (χ1v) is 3.11. The molecule has 0 unspecified atom stereocenters. The summed E-state index contributed by atoms with van der Waals surface area (Å²) in [5, 5.41) is -2.07. The molecule has 0 rings (SSSR count). The van der Waals surface area contributed by atoms with Gasteiger partial charge < -0.3 is 0 Å². The number of hydrogen-bond acceptors (Lipinski definition) is 3. The summed E-state index contributed by atoms with van der Waals surface area (Å²) in [6.07, 6.45) is 0. The average molecular weight is 183 g/mol. The van der Waals surface area contributed by atoms with Crippen molar-refractivity contribution in [3.8, 4) is 0 Å². The van der Waals surface area contributed by atoms with Crippen LogP contribution in [0.25, 0.3) is 0 Å². The third-order valence-electron chi connectivity index (χ3n) is 0.860. The van der Waals surface area contributed by atoms with Gasteiger partial charge in [0, 0.05) is 0 Å². The fourth-order valence-corrected chi connectivity index (χ4v) is 0.970. The lowest BCUT2D eigenvalue weighted by atomic mass is 10.1. The average Bonchev–Trinajstić information content (AvgIpc) is 1.59. The largest absolute Gasteiger partial charge is 0.299 e. The van der Waals surface area contributed by atoms with Crippen molar-refractivity contribution in [3.63, 3.8) is 0 Å². The number of carbonyl (C=O) groups excluding carboxylic acids is 3. The highest BCUT2D eigenvalue weighted by molar-refractivity contribution is 6.75. The molecule has 0 fully saturated rings. The zero-order valence-corrected chi connectivity index (χ0v) is 6.57. The summed E-state index contributed by atoms with van der Waals surface area (Å²) in [7, 11) is 0. The molecule has 0 radical (unpaired) electrons. The van der Waals surface area contributed by atoms with Gasteiger partial charge in [-0.2, -0.15) is 0 Å². The van der Waals surface area contributed by atoms with Crippen molar-refractivity contribution in [2.75, 3.05) is 0 Å². The molecule has 0 atom stereocenters. The molecule has 0 aliphatic heterocycles. The van der Waals surface area contributed by atoms with E-state index in [1.165, 1.54) is 0 Å². The summed E-state index contributed by atoms with van der Waals surface area (Å²) in [5.74, 6) is -2.14. The van der Waals surface area contributed by atoms with Crippen LogP contribution >= 0.6 is 23.2 Å². The minimum atomic E-state index is -1.50. The molecule has 0 N–H and O–H groups in total. The van der Waals surface area contributed by atoms with E-state index < -0.39 is 22.2 Å². The molecule has 0 aromatic carbocycles. The Balaban J connectivity index is 4.43. The van der Waals surface area contributed by atoms with Crippen LogP contribution in [0.3, 0.4) is 0 Å². The summed E-state index contributed by atoms with van der Waals surface area (Å²) in [4.78, 5) is 30.9. The van der Waals surface area contributed by atoms with E-state index in [1.807, 2.05) is 0 Å². The monoisotopic (exact) mass is 182 g/mol. The van der Waals surface area contributed by atoms with Gasteiger partial charge in [0.25, 0.3) is 0 Å². The Labute approximate surface area is 67.3 Å². The molecule has 0 bridgehead atoms. The second-order valence-electron chi connectivity index (χ2n) is 1.65. The lowest BCUT2D eigenvalue weighted by Crippen LogP contribution is -2.23. The number of ketones is 1. The van der Waals surface area contributed by atoms with Crippen LogP contribution in [0.2, 0.25) is 0 Å². The van der Waals surface area contributed by atoms with Crippen LogP contribution in [-0.4, -0.2) is 16.3 Å². The normalized spacial score (nSPS) is 9.60. The first-order chi connectivity index (χ1) is 4.46. The molecule has 0 saturated heterocycles. The third kappa shape index (κ3) is 2.45. The summed E-state index contributed by atoms with van der Waals surface area (Å²) < 4.78 is 0. The first kappa shape index (κ1) is 9.59. The lowest BCUT2D eigenvalue weighted by Gasteiger charge is -1.99. The van der Waals surface area contributed by atoms with Gasteiger partial charge in [0.15, 0.2) is 5.92 Å². The second-order valence-corrected chi connectivity index (χ2v) is 2.40. The zero-order valence-electron chi connectivity index (χ0n) is 5.06. The molecular formula is C5H4Cl2O3. The van der Waals surface area contributed by atoms with Crippen LogP contribution in [0, 0.1) is 5.92 Å². The Hall–Kier alpha value is -0.410. The van der Waals surface area contributed by atoms with Crippen molar-refractivity contribution in [2.45, 2.75) is 6.92 Å². The summed E-state index contributed by atoms with van der Waals surface area (Å²) in [6, 6.07) is 0. The van der Waals surface area contributed by atoms with E-state index in [2.05, 4.69) is 0 Å².